The van der Waals surface area contributed by atoms with Gasteiger partial charge < -0.3 is 9.64 Å². The van der Waals surface area contributed by atoms with E-state index in [4.69, 9.17) is 4.74 Å². The Morgan fingerprint density at radius 3 is 2.71 bits per heavy atom. The predicted octanol–water partition coefficient (Wildman–Crippen LogP) is 4.34. The highest BCUT2D eigenvalue weighted by Gasteiger charge is 2.22. The zero-order chi connectivity index (χ0) is 21.6. The molecular formula is C23H25FN4O2S. The van der Waals surface area contributed by atoms with Crippen LogP contribution >= 0.6 is 11.8 Å². The van der Waals surface area contributed by atoms with E-state index < -0.39 is 5.82 Å². The maximum atomic E-state index is 13.9. The molecule has 1 aromatic heterocycles. The van der Waals surface area contributed by atoms with Gasteiger partial charge in [0.25, 0.3) is 0 Å². The summed E-state index contributed by atoms with van der Waals surface area (Å²) in [6, 6.07) is 15.9. The molecule has 2 heterocycles. The van der Waals surface area contributed by atoms with Gasteiger partial charge in [-0.25, -0.2) is 4.39 Å². The lowest BCUT2D eigenvalue weighted by Gasteiger charge is -2.30. The van der Waals surface area contributed by atoms with Crippen molar-refractivity contribution in [2.75, 3.05) is 18.8 Å². The molecule has 4 rings (SSSR count). The number of nitrogens with zero attached hydrogens (tertiary/aromatic N) is 4. The molecule has 6 nitrogen and oxygen atoms in total. The zero-order valence-corrected chi connectivity index (χ0v) is 18.2. The van der Waals surface area contributed by atoms with E-state index in [1.54, 1.807) is 18.2 Å². The van der Waals surface area contributed by atoms with Gasteiger partial charge in [0.1, 0.15) is 6.61 Å². The minimum absolute atomic E-state index is 0.0565. The number of likely N-dealkylation sites (tertiary alicyclic amines) is 1. The lowest BCUT2D eigenvalue weighted by atomic mass is 10.0. The third-order valence-corrected chi connectivity index (χ3v) is 6.16. The summed E-state index contributed by atoms with van der Waals surface area (Å²) < 4.78 is 21.4. The number of aromatic nitrogens is 3. The van der Waals surface area contributed by atoms with E-state index in [-0.39, 0.29) is 18.3 Å². The Morgan fingerprint density at radius 2 is 1.94 bits per heavy atom. The summed E-state index contributed by atoms with van der Waals surface area (Å²) in [5.74, 6) is 1.22. The van der Waals surface area contributed by atoms with Gasteiger partial charge in [-0.05, 0) is 43.0 Å². The third-order valence-electron chi connectivity index (χ3n) is 5.24. The minimum atomic E-state index is -0.427. The molecule has 3 aromatic rings. The van der Waals surface area contributed by atoms with E-state index in [9.17, 15) is 9.18 Å². The topological polar surface area (TPSA) is 60.3 Å². The van der Waals surface area contributed by atoms with Crippen LogP contribution < -0.4 is 4.74 Å². The normalized spacial score (nSPS) is 16.3. The molecule has 1 aliphatic rings. The molecule has 0 bridgehead atoms. The van der Waals surface area contributed by atoms with Crippen LogP contribution in [0, 0.1) is 11.7 Å². The average Bonchev–Trinajstić information content (AvgIpc) is 3.20. The molecule has 8 heteroatoms. The summed E-state index contributed by atoms with van der Waals surface area (Å²) >= 11 is 1.36. The van der Waals surface area contributed by atoms with Crippen molar-refractivity contribution in [3.8, 4) is 11.4 Å². The second kappa shape index (κ2) is 9.96. The molecule has 31 heavy (non-hydrogen) atoms. The third kappa shape index (κ3) is 5.25. The van der Waals surface area contributed by atoms with Gasteiger partial charge in [-0.15, -0.1) is 10.2 Å². The number of para-hydroxylation sites is 2. The first-order chi connectivity index (χ1) is 15.1. The molecule has 162 valence electrons. The highest BCUT2D eigenvalue weighted by atomic mass is 32.2. The Morgan fingerprint density at radius 1 is 1.16 bits per heavy atom. The number of halogens is 1. The zero-order valence-electron chi connectivity index (χ0n) is 17.4. The van der Waals surface area contributed by atoms with Crippen molar-refractivity contribution in [2.45, 2.75) is 31.5 Å². The number of rotatable bonds is 7. The lowest BCUT2D eigenvalue weighted by Crippen LogP contribution is -2.40. The number of carbonyl (C=O) groups is 1. The van der Waals surface area contributed by atoms with Gasteiger partial charge in [-0.2, -0.15) is 0 Å². The molecule has 0 aliphatic carbocycles. The number of hydrogen-bond acceptors (Lipinski definition) is 5. The van der Waals surface area contributed by atoms with Gasteiger partial charge >= 0.3 is 0 Å². The first kappa shape index (κ1) is 21.4. The second-order valence-corrected chi connectivity index (χ2v) is 8.61. The number of thioether (sulfide) groups is 1. The molecule has 1 unspecified atom stereocenters. The van der Waals surface area contributed by atoms with Gasteiger partial charge in [-0.3, -0.25) is 9.36 Å². The maximum absolute atomic E-state index is 13.9. The minimum Gasteiger partial charge on any atom is -0.483 e. The summed E-state index contributed by atoms with van der Waals surface area (Å²) in [7, 11) is 0. The van der Waals surface area contributed by atoms with Gasteiger partial charge in [0.15, 0.2) is 22.5 Å². The Kier molecular flexibility index (Phi) is 6.86. The summed E-state index contributed by atoms with van der Waals surface area (Å²) in [6.45, 7) is 3.87. The number of hydrogen-bond donors (Lipinski definition) is 0. The maximum Gasteiger partial charge on any atom is 0.233 e. The molecule has 1 saturated heterocycles. The monoisotopic (exact) mass is 440 g/mol. The number of benzene rings is 2. The number of amides is 1. The van der Waals surface area contributed by atoms with Crippen molar-refractivity contribution in [3.05, 3.63) is 66.2 Å². The van der Waals surface area contributed by atoms with E-state index >= 15 is 0 Å². The van der Waals surface area contributed by atoms with Crippen molar-refractivity contribution < 1.29 is 13.9 Å². The first-order valence-electron chi connectivity index (χ1n) is 10.4. The Balaban J connectivity index is 1.51. The van der Waals surface area contributed by atoms with Crippen molar-refractivity contribution in [1.29, 1.82) is 0 Å². The molecule has 1 amide bonds. The SMILES string of the molecule is CC1CCCN(C(=O)CSc2nnc(COc3ccccc3F)n2-c2ccccc2)C1. The number of ether oxygens (including phenoxy) is 1. The van der Waals surface area contributed by atoms with Gasteiger partial charge in [0, 0.05) is 18.8 Å². The highest BCUT2D eigenvalue weighted by molar-refractivity contribution is 7.99. The van der Waals surface area contributed by atoms with Crippen LogP contribution in [-0.2, 0) is 11.4 Å². The van der Waals surface area contributed by atoms with E-state index in [0.717, 1.165) is 25.2 Å². The number of carbonyl (C=O) groups excluding carboxylic acids is 1. The van der Waals surface area contributed by atoms with E-state index in [1.807, 2.05) is 39.8 Å². The fourth-order valence-electron chi connectivity index (χ4n) is 3.66. The Labute approximate surface area is 185 Å². The smallest absolute Gasteiger partial charge is 0.233 e. The first-order valence-corrected chi connectivity index (χ1v) is 11.4. The summed E-state index contributed by atoms with van der Waals surface area (Å²) in [5.41, 5.74) is 0.862. The van der Waals surface area contributed by atoms with Crippen molar-refractivity contribution in [1.82, 2.24) is 19.7 Å². The van der Waals surface area contributed by atoms with Gasteiger partial charge in [0.05, 0.1) is 5.75 Å². The number of piperidine rings is 1. The molecule has 2 aromatic carbocycles. The molecule has 0 saturated carbocycles. The lowest BCUT2D eigenvalue weighted by molar-refractivity contribution is -0.130. The molecule has 1 aliphatic heterocycles. The van der Waals surface area contributed by atoms with Crippen LogP contribution in [0.25, 0.3) is 5.69 Å². The fraction of sp³-hybridized carbons (Fsp3) is 0.348. The fourth-order valence-corrected chi connectivity index (χ4v) is 4.53. The van der Waals surface area contributed by atoms with Gasteiger partial charge in [0.2, 0.25) is 5.91 Å². The van der Waals surface area contributed by atoms with Crippen LogP contribution in [0.5, 0.6) is 5.75 Å². The molecule has 1 atom stereocenters. The van der Waals surface area contributed by atoms with Crippen molar-refractivity contribution in [2.24, 2.45) is 5.92 Å². The molecule has 0 N–H and O–H groups in total. The predicted molar refractivity (Wildman–Crippen MR) is 118 cm³/mol. The van der Waals surface area contributed by atoms with Crippen LogP contribution in [0.15, 0.2) is 59.8 Å². The summed E-state index contributed by atoms with van der Waals surface area (Å²) in [4.78, 5) is 14.6. The largest absolute Gasteiger partial charge is 0.483 e. The van der Waals surface area contributed by atoms with E-state index in [0.29, 0.717) is 22.7 Å². The molecule has 0 spiro atoms. The standard InChI is InChI=1S/C23H25FN4O2S/c1-17-8-7-13-27(14-17)22(29)16-31-23-26-25-21(28(23)18-9-3-2-4-10-18)15-30-20-12-6-5-11-19(20)24/h2-6,9-12,17H,7-8,13-16H2,1H3. The quantitative estimate of drug-likeness (QED) is 0.512. The van der Waals surface area contributed by atoms with Crippen LogP contribution in [0.3, 0.4) is 0 Å². The van der Waals surface area contributed by atoms with Crippen LogP contribution in [-0.4, -0.2) is 44.4 Å². The summed E-state index contributed by atoms with van der Waals surface area (Å²) in [5, 5.41) is 9.16. The molecule has 1 fully saturated rings. The van der Waals surface area contributed by atoms with Gasteiger partial charge in [-0.1, -0.05) is 49.0 Å². The van der Waals surface area contributed by atoms with Crippen molar-refractivity contribution in [3.63, 3.8) is 0 Å². The second-order valence-electron chi connectivity index (χ2n) is 7.66. The van der Waals surface area contributed by atoms with Crippen molar-refractivity contribution >= 4 is 17.7 Å². The van der Waals surface area contributed by atoms with E-state index in [2.05, 4.69) is 17.1 Å². The molecule has 0 radical (unpaired) electrons. The highest BCUT2D eigenvalue weighted by Crippen LogP contribution is 2.25. The average molecular weight is 441 g/mol. The van der Waals surface area contributed by atoms with Crippen LogP contribution in [0.2, 0.25) is 0 Å². The molecular weight excluding hydrogens is 415 g/mol. The van der Waals surface area contributed by atoms with E-state index in [1.165, 1.54) is 24.2 Å². The van der Waals surface area contributed by atoms with Crippen LogP contribution in [0.4, 0.5) is 4.39 Å². The Bertz CT molecular complexity index is 1030. The van der Waals surface area contributed by atoms with Crippen LogP contribution in [0.1, 0.15) is 25.6 Å². The summed E-state index contributed by atoms with van der Waals surface area (Å²) in [6.07, 6.45) is 2.22. The Hall–Kier alpha value is -2.87.